The van der Waals surface area contributed by atoms with Crippen LogP contribution in [0.15, 0.2) is 57.9 Å². The molecule has 3 heterocycles. The van der Waals surface area contributed by atoms with Gasteiger partial charge in [-0.1, -0.05) is 33.2 Å². The van der Waals surface area contributed by atoms with E-state index < -0.39 is 0 Å². The molecular weight excluding hydrogens is 370 g/mol. The molecule has 0 saturated heterocycles. The molecule has 4 aromatic rings. The summed E-state index contributed by atoms with van der Waals surface area (Å²) in [6, 6.07) is 9.69. The SMILES string of the molecule is Cc1onc(-c2ccc(Br)cc2)c1-c1cnc(-c2ncccn2)[nH]1. The van der Waals surface area contributed by atoms with E-state index >= 15 is 0 Å². The van der Waals surface area contributed by atoms with Crippen LogP contribution in [0.4, 0.5) is 0 Å². The zero-order valence-corrected chi connectivity index (χ0v) is 14.3. The number of rotatable bonds is 3. The van der Waals surface area contributed by atoms with Gasteiger partial charge in [-0.25, -0.2) is 15.0 Å². The molecule has 3 aromatic heterocycles. The molecule has 0 fully saturated rings. The highest BCUT2D eigenvalue weighted by molar-refractivity contribution is 9.10. The van der Waals surface area contributed by atoms with Crippen molar-refractivity contribution in [3.05, 3.63) is 59.2 Å². The van der Waals surface area contributed by atoms with Crippen LogP contribution in [-0.2, 0) is 0 Å². The highest BCUT2D eigenvalue weighted by Gasteiger charge is 2.19. The predicted octanol–water partition coefficient (Wildman–Crippen LogP) is 4.26. The van der Waals surface area contributed by atoms with Gasteiger partial charge in [-0.2, -0.15) is 0 Å². The number of benzene rings is 1. The molecule has 0 bridgehead atoms. The van der Waals surface area contributed by atoms with Crippen LogP contribution < -0.4 is 0 Å². The van der Waals surface area contributed by atoms with Gasteiger partial charge in [0.25, 0.3) is 0 Å². The number of H-pyrrole nitrogens is 1. The molecule has 0 aliphatic heterocycles. The number of nitrogens with one attached hydrogen (secondary N) is 1. The Morgan fingerprint density at radius 2 is 1.79 bits per heavy atom. The Balaban J connectivity index is 1.79. The normalized spacial score (nSPS) is 10.9. The fraction of sp³-hybridized carbons (Fsp3) is 0.0588. The second kappa shape index (κ2) is 6.01. The van der Waals surface area contributed by atoms with Gasteiger partial charge >= 0.3 is 0 Å². The average Bonchev–Trinajstić information content (AvgIpc) is 3.23. The molecule has 118 valence electrons. The van der Waals surface area contributed by atoms with Crippen molar-refractivity contribution in [3.8, 4) is 34.2 Å². The Bertz CT molecular complexity index is 976. The fourth-order valence-electron chi connectivity index (χ4n) is 2.48. The lowest BCUT2D eigenvalue weighted by atomic mass is 10.0. The molecule has 0 aliphatic carbocycles. The zero-order chi connectivity index (χ0) is 16.5. The molecule has 0 atom stereocenters. The molecule has 24 heavy (non-hydrogen) atoms. The van der Waals surface area contributed by atoms with Gasteiger partial charge in [0.15, 0.2) is 11.6 Å². The lowest BCUT2D eigenvalue weighted by molar-refractivity contribution is 0.400. The molecule has 0 aliphatic rings. The third-order valence-corrected chi connectivity index (χ3v) is 4.13. The molecule has 0 saturated carbocycles. The van der Waals surface area contributed by atoms with Crippen LogP contribution in [-0.4, -0.2) is 25.1 Å². The van der Waals surface area contributed by atoms with E-state index in [1.54, 1.807) is 24.7 Å². The van der Waals surface area contributed by atoms with Crippen molar-refractivity contribution in [1.82, 2.24) is 25.1 Å². The Kier molecular flexibility index (Phi) is 3.70. The Morgan fingerprint density at radius 3 is 2.54 bits per heavy atom. The topological polar surface area (TPSA) is 80.5 Å². The molecule has 0 amide bonds. The summed E-state index contributed by atoms with van der Waals surface area (Å²) >= 11 is 3.44. The summed E-state index contributed by atoms with van der Waals surface area (Å²) in [4.78, 5) is 16.0. The van der Waals surface area contributed by atoms with E-state index in [2.05, 4.69) is 41.0 Å². The number of aromatic amines is 1. The summed E-state index contributed by atoms with van der Waals surface area (Å²) in [5, 5.41) is 4.20. The summed E-state index contributed by atoms with van der Waals surface area (Å²) in [7, 11) is 0. The number of imidazole rings is 1. The van der Waals surface area contributed by atoms with Gasteiger partial charge in [-0.3, -0.25) is 0 Å². The van der Waals surface area contributed by atoms with Gasteiger partial charge in [-0.05, 0) is 25.1 Å². The monoisotopic (exact) mass is 381 g/mol. The summed E-state index contributed by atoms with van der Waals surface area (Å²) in [5.41, 5.74) is 3.43. The highest BCUT2D eigenvalue weighted by Crippen LogP contribution is 2.34. The molecule has 1 N–H and O–H groups in total. The van der Waals surface area contributed by atoms with Crippen molar-refractivity contribution >= 4 is 15.9 Å². The first-order valence-corrected chi connectivity index (χ1v) is 8.06. The van der Waals surface area contributed by atoms with Gasteiger partial charge in [-0.15, -0.1) is 0 Å². The van der Waals surface area contributed by atoms with Crippen molar-refractivity contribution in [2.75, 3.05) is 0 Å². The first-order chi connectivity index (χ1) is 11.7. The largest absolute Gasteiger partial charge is 0.360 e. The Morgan fingerprint density at radius 1 is 1.04 bits per heavy atom. The maximum Gasteiger partial charge on any atom is 0.195 e. The van der Waals surface area contributed by atoms with E-state index in [1.165, 1.54) is 0 Å². The fourth-order valence-corrected chi connectivity index (χ4v) is 2.74. The van der Waals surface area contributed by atoms with Crippen LogP contribution in [0.1, 0.15) is 5.76 Å². The van der Waals surface area contributed by atoms with Crippen LogP contribution in [0, 0.1) is 6.92 Å². The van der Waals surface area contributed by atoms with Crippen LogP contribution in [0.25, 0.3) is 34.2 Å². The maximum absolute atomic E-state index is 5.41. The minimum Gasteiger partial charge on any atom is -0.360 e. The number of hydrogen-bond acceptors (Lipinski definition) is 5. The van der Waals surface area contributed by atoms with Gasteiger partial charge in [0.1, 0.15) is 11.5 Å². The van der Waals surface area contributed by atoms with E-state index in [0.717, 1.165) is 32.7 Å². The molecule has 1 aromatic carbocycles. The molecule has 0 radical (unpaired) electrons. The number of nitrogens with zero attached hydrogens (tertiary/aromatic N) is 4. The first kappa shape index (κ1) is 14.8. The van der Waals surface area contributed by atoms with Gasteiger partial charge in [0.05, 0.1) is 17.5 Å². The van der Waals surface area contributed by atoms with E-state index in [1.807, 2.05) is 31.2 Å². The molecule has 7 heteroatoms. The molecular formula is C17H12BrN5O. The van der Waals surface area contributed by atoms with Crippen molar-refractivity contribution in [2.24, 2.45) is 0 Å². The van der Waals surface area contributed by atoms with Gasteiger partial charge in [0, 0.05) is 22.4 Å². The maximum atomic E-state index is 5.41. The van der Waals surface area contributed by atoms with Crippen LogP contribution in [0.5, 0.6) is 0 Å². The summed E-state index contributed by atoms with van der Waals surface area (Å²) in [6.07, 6.45) is 5.11. The lowest BCUT2D eigenvalue weighted by Gasteiger charge is -2.01. The standard InChI is InChI=1S/C17H12BrN5O/c1-10-14(15(23-24-10)11-3-5-12(18)6-4-11)13-9-21-17(22-13)16-19-7-2-8-20-16/h2-9H,1H3,(H,21,22). The lowest BCUT2D eigenvalue weighted by Crippen LogP contribution is -1.89. The van der Waals surface area contributed by atoms with Gasteiger partial charge in [0.2, 0.25) is 0 Å². The Labute approximate surface area is 146 Å². The number of aryl methyl sites for hydroxylation is 1. The quantitative estimate of drug-likeness (QED) is 0.573. The molecule has 4 rings (SSSR count). The Hall–Kier alpha value is -2.80. The zero-order valence-electron chi connectivity index (χ0n) is 12.7. The van der Waals surface area contributed by atoms with E-state index in [0.29, 0.717) is 11.6 Å². The molecule has 0 unspecified atom stereocenters. The first-order valence-electron chi connectivity index (χ1n) is 7.27. The summed E-state index contributed by atoms with van der Waals surface area (Å²) < 4.78 is 6.42. The average molecular weight is 382 g/mol. The second-order valence-corrected chi connectivity index (χ2v) is 6.10. The third-order valence-electron chi connectivity index (χ3n) is 3.60. The minimum absolute atomic E-state index is 0.544. The van der Waals surface area contributed by atoms with Crippen LogP contribution in [0.3, 0.4) is 0 Å². The molecule has 6 nitrogen and oxygen atoms in total. The van der Waals surface area contributed by atoms with Crippen molar-refractivity contribution in [1.29, 1.82) is 0 Å². The highest BCUT2D eigenvalue weighted by atomic mass is 79.9. The van der Waals surface area contributed by atoms with E-state index in [4.69, 9.17) is 4.52 Å². The smallest absolute Gasteiger partial charge is 0.195 e. The second-order valence-electron chi connectivity index (χ2n) is 5.19. The minimum atomic E-state index is 0.544. The van der Waals surface area contributed by atoms with E-state index in [9.17, 15) is 0 Å². The number of aromatic nitrogens is 5. The van der Waals surface area contributed by atoms with Crippen LogP contribution in [0.2, 0.25) is 0 Å². The summed E-state index contributed by atoms with van der Waals surface area (Å²) in [6.45, 7) is 1.88. The van der Waals surface area contributed by atoms with Crippen LogP contribution >= 0.6 is 15.9 Å². The van der Waals surface area contributed by atoms with Crippen molar-refractivity contribution < 1.29 is 4.52 Å². The summed E-state index contributed by atoms with van der Waals surface area (Å²) in [5.74, 6) is 1.87. The van der Waals surface area contributed by atoms with Crippen molar-refractivity contribution in [3.63, 3.8) is 0 Å². The molecule has 0 spiro atoms. The van der Waals surface area contributed by atoms with E-state index in [-0.39, 0.29) is 0 Å². The van der Waals surface area contributed by atoms with Crippen molar-refractivity contribution in [2.45, 2.75) is 6.92 Å². The number of hydrogen-bond donors (Lipinski definition) is 1. The van der Waals surface area contributed by atoms with Gasteiger partial charge < -0.3 is 9.51 Å². The predicted molar refractivity (Wildman–Crippen MR) is 93.0 cm³/mol. The number of halogens is 1. The third kappa shape index (κ3) is 2.63.